The van der Waals surface area contributed by atoms with Gasteiger partial charge in [-0.2, -0.15) is 0 Å². The summed E-state index contributed by atoms with van der Waals surface area (Å²) in [4.78, 5) is 18.1. The van der Waals surface area contributed by atoms with E-state index in [2.05, 4.69) is 15.6 Å². The molecule has 0 aliphatic rings. The third-order valence-electron chi connectivity index (χ3n) is 2.92. The molecule has 5 nitrogen and oxygen atoms in total. The second-order valence-corrected chi connectivity index (χ2v) is 6.45. The zero-order valence-electron chi connectivity index (χ0n) is 14.6. The first-order chi connectivity index (χ1) is 10.7. The fourth-order valence-electron chi connectivity index (χ4n) is 2.01. The summed E-state index contributed by atoms with van der Waals surface area (Å²) in [6, 6.07) is 6.34. The predicted octanol–water partition coefficient (Wildman–Crippen LogP) is 2.14. The van der Waals surface area contributed by atoms with Crippen LogP contribution in [0, 0.1) is 5.82 Å². The van der Waals surface area contributed by atoms with Gasteiger partial charge in [0.1, 0.15) is 12.4 Å². The molecule has 23 heavy (non-hydrogen) atoms. The lowest BCUT2D eigenvalue weighted by Crippen LogP contribution is -2.43. The molecule has 1 amide bonds. The Morgan fingerprint density at radius 1 is 1.26 bits per heavy atom. The number of hydrogen-bond donors (Lipinski definition) is 2. The van der Waals surface area contributed by atoms with Gasteiger partial charge in [-0.3, -0.25) is 4.79 Å². The molecule has 0 spiro atoms. The van der Waals surface area contributed by atoms with E-state index in [9.17, 15) is 9.18 Å². The fourth-order valence-corrected chi connectivity index (χ4v) is 2.01. The van der Waals surface area contributed by atoms with Crippen LogP contribution in [0.15, 0.2) is 29.3 Å². The van der Waals surface area contributed by atoms with Gasteiger partial charge < -0.3 is 15.5 Å². The van der Waals surface area contributed by atoms with Gasteiger partial charge in [0.05, 0.1) is 0 Å². The molecular weight excluding hydrogens is 295 g/mol. The highest BCUT2D eigenvalue weighted by Gasteiger charge is 2.14. The summed E-state index contributed by atoms with van der Waals surface area (Å²) in [7, 11) is 1.88. The zero-order valence-corrected chi connectivity index (χ0v) is 14.6. The SMILES string of the molecule is CCNC(=NCC(=O)NC(C)(C)C)N(C)Cc1ccc(F)cc1. The van der Waals surface area contributed by atoms with Crippen LogP contribution in [-0.4, -0.2) is 42.4 Å². The molecule has 6 heteroatoms. The van der Waals surface area contributed by atoms with Crippen molar-refractivity contribution >= 4 is 11.9 Å². The average molecular weight is 322 g/mol. The summed E-state index contributed by atoms with van der Waals surface area (Å²) < 4.78 is 13.0. The number of rotatable bonds is 5. The van der Waals surface area contributed by atoms with Crippen molar-refractivity contribution < 1.29 is 9.18 Å². The number of guanidine groups is 1. The van der Waals surface area contributed by atoms with Crippen molar-refractivity contribution in [2.24, 2.45) is 4.99 Å². The van der Waals surface area contributed by atoms with Gasteiger partial charge in [-0.15, -0.1) is 0 Å². The van der Waals surface area contributed by atoms with Crippen molar-refractivity contribution in [2.75, 3.05) is 20.1 Å². The van der Waals surface area contributed by atoms with Crippen LogP contribution in [0.2, 0.25) is 0 Å². The molecule has 0 saturated carbocycles. The van der Waals surface area contributed by atoms with Crippen molar-refractivity contribution in [3.05, 3.63) is 35.6 Å². The Bertz CT molecular complexity index is 535. The van der Waals surface area contributed by atoms with Crippen LogP contribution in [0.1, 0.15) is 33.3 Å². The first-order valence-electron chi connectivity index (χ1n) is 7.76. The summed E-state index contributed by atoms with van der Waals surface area (Å²) in [5.74, 6) is 0.264. The van der Waals surface area contributed by atoms with Crippen LogP contribution >= 0.6 is 0 Å². The quantitative estimate of drug-likeness (QED) is 0.645. The summed E-state index contributed by atoms with van der Waals surface area (Å²) in [6.45, 7) is 9.10. The van der Waals surface area contributed by atoms with E-state index in [0.717, 1.165) is 5.56 Å². The largest absolute Gasteiger partial charge is 0.357 e. The minimum absolute atomic E-state index is 0.0629. The number of aliphatic imine (C=N–C) groups is 1. The Hall–Kier alpha value is -2.11. The number of halogens is 1. The molecule has 0 aromatic heterocycles. The number of benzene rings is 1. The lowest BCUT2D eigenvalue weighted by Gasteiger charge is -2.23. The van der Waals surface area contributed by atoms with Crippen molar-refractivity contribution in [3.8, 4) is 0 Å². The molecule has 0 radical (unpaired) electrons. The topological polar surface area (TPSA) is 56.7 Å². The van der Waals surface area contributed by atoms with Crippen molar-refractivity contribution in [1.82, 2.24) is 15.5 Å². The van der Waals surface area contributed by atoms with E-state index in [1.54, 1.807) is 12.1 Å². The van der Waals surface area contributed by atoms with Crippen LogP contribution in [0.4, 0.5) is 4.39 Å². The van der Waals surface area contributed by atoms with Crippen LogP contribution in [0.25, 0.3) is 0 Å². The van der Waals surface area contributed by atoms with E-state index in [1.165, 1.54) is 12.1 Å². The lowest BCUT2D eigenvalue weighted by atomic mass is 10.1. The number of nitrogens with one attached hydrogen (secondary N) is 2. The van der Waals surface area contributed by atoms with Gasteiger partial charge in [-0.05, 0) is 45.4 Å². The maximum atomic E-state index is 13.0. The Labute approximate surface area is 138 Å². The molecule has 0 fully saturated rings. The van der Waals surface area contributed by atoms with E-state index in [0.29, 0.717) is 19.0 Å². The second kappa shape index (κ2) is 8.50. The Morgan fingerprint density at radius 3 is 2.39 bits per heavy atom. The van der Waals surface area contributed by atoms with Crippen LogP contribution in [0.3, 0.4) is 0 Å². The highest BCUT2D eigenvalue weighted by Crippen LogP contribution is 2.06. The maximum Gasteiger partial charge on any atom is 0.242 e. The van der Waals surface area contributed by atoms with Gasteiger partial charge in [0.2, 0.25) is 5.91 Å². The Balaban J connectivity index is 2.69. The van der Waals surface area contributed by atoms with Crippen molar-refractivity contribution in [1.29, 1.82) is 0 Å². The Morgan fingerprint density at radius 2 is 1.87 bits per heavy atom. The fraction of sp³-hybridized carbons (Fsp3) is 0.529. The lowest BCUT2D eigenvalue weighted by molar-refractivity contribution is -0.121. The van der Waals surface area contributed by atoms with Crippen molar-refractivity contribution in [3.63, 3.8) is 0 Å². The molecule has 1 aromatic rings. The number of hydrogen-bond acceptors (Lipinski definition) is 2. The predicted molar refractivity (Wildman–Crippen MR) is 91.7 cm³/mol. The molecule has 1 rings (SSSR count). The van der Waals surface area contributed by atoms with Gasteiger partial charge in [0.25, 0.3) is 0 Å². The van der Waals surface area contributed by atoms with Crippen LogP contribution in [-0.2, 0) is 11.3 Å². The first-order valence-corrected chi connectivity index (χ1v) is 7.76. The van der Waals surface area contributed by atoms with E-state index in [-0.39, 0.29) is 23.8 Å². The third-order valence-corrected chi connectivity index (χ3v) is 2.92. The average Bonchev–Trinajstić information content (AvgIpc) is 2.44. The van der Waals surface area contributed by atoms with Crippen LogP contribution < -0.4 is 10.6 Å². The maximum absolute atomic E-state index is 13.0. The molecule has 0 atom stereocenters. The van der Waals surface area contributed by atoms with Crippen LogP contribution in [0.5, 0.6) is 0 Å². The highest BCUT2D eigenvalue weighted by atomic mass is 19.1. The smallest absolute Gasteiger partial charge is 0.242 e. The van der Waals surface area contributed by atoms with E-state index >= 15 is 0 Å². The molecule has 1 aromatic carbocycles. The van der Waals surface area contributed by atoms with Gasteiger partial charge >= 0.3 is 0 Å². The molecular formula is C17H27FN4O. The molecule has 0 aliphatic heterocycles. The highest BCUT2D eigenvalue weighted by molar-refractivity contribution is 5.85. The summed E-state index contributed by atoms with van der Waals surface area (Å²) in [6.07, 6.45) is 0. The van der Waals surface area contributed by atoms with E-state index in [4.69, 9.17) is 0 Å². The molecule has 0 heterocycles. The van der Waals surface area contributed by atoms with Gasteiger partial charge in [0, 0.05) is 25.7 Å². The summed E-state index contributed by atoms with van der Waals surface area (Å²) in [5, 5.41) is 6.03. The van der Waals surface area contributed by atoms with E-state index in [1.807, 2.05) is 39.6 Å². The second-order valence-electron chi connectivity index (χ2n) is 6.45. The molecule has 0 bridgehead atoms. The molecule has 0 aliphatic carbocycles. The molecule has 0 unspecified atom stereocenters. The van der Waals surface area contributed by atoms with E-state index < -0.39 is 0 Å². The zero-order chi connectivity index (χ0) is 17.5. The monoisotopic (exact) mass is 322 g/mol. The normalized spacial score (nSPS) is 12.0. The molecule has 0 saturated heterocycles. The number of nitrogens with zero attached hydrogens (tertiary/aromatic N) is 2. The first kappa shape index (κ1) is 18.9. The molecule has 128 valence electrons. The van der Waals surface area contributed by atoms with Crippen molar-refractivity contribution in [2.45, 2.75) is 39.8 Å². The van der Waals surface area contributed by atoms with Gasteiger partial charge in [-0.25, -0.2) is 9.38 Å². The number of carbonyl (C=O) groups excluding carboxylic acids is 1. The Kier molecular flexibility index (Phi) is 7.00. The minimum Gasteiger partial charge on any atom is -0.357 e. The number of amides is 1. The summed E-state index contributed by atoms with van der Waals surface area (Å²) in [5.41, 5.74) is 0.698. The number of carbonyl (C=O) groups is 1. The standard InChI is InChI=1S/C17H27FN4O/c1-6-19-16(20-11-15(23)21-17(2,3)4)22(5)12-13-7-9-14(18)10-8-13/h7-10H,6,11-12H2,1-5H3,(H,19,20)(H,21,23). The summed E-state index contributed by atoms with van der Waals surface area (Å²) >= 11 is 0. The minimum atomic E-state index is -0.273. The van der Waals surface area contributed by atoms with Gasteiger partial charge in [0.15, 0.2) is 5.96 Å². The third kappa shape index (κ3) is 7.63. The molecule has 2 N–H and O–H groups in total. The van der Waals surface area contributed by atoms with Gasteiger partial charge in [-0.1, -0.05) is 12.1 Å².